The van der Waals surface area contributed by atoms with Crippen LogP contribution in [0.25, 0.3) is 0 Å². The number of rotatable bonds is 5. The molecule has 2 heteroatoms. The molecule has 9 heavy (non-hydrogen) atoms. The molecular weight excluding hydrogens is 148 g/mol. The molecule has 0 rings (SSSR count). The first-order chi connectivity index (χ1) is 4.27. The van der Waals surface area contributed by atoms with Crippen molar-refractivity contribution >= 4 is 22.5 Å². The van der Waals surface area contributed by atoms with Gasteiger partial charge in [0.15, 0.2) is 0 Å². The van der Waals surface area contributed by atoms with Crippen molar-refractivity contribution in [3.63, 3.8) is 0 Å². The Morgan fingerprint density at radius 1 is 1.33 bits per heavy atom. The first kappa shape index (κ1) is 9.70. The van der Waals surface area contributed by atoms with Crippen LogP contribution < -0.4 is 0 Å². The van der Waals surface area contributed by atoms with Crippen LogP contribution in [0.5, 0.6) is 0 Å². The summed E-state index contributed by atoms with van der Waals surface area (Å²) in [5, 5.41) is 0. The van der Waals surface area contributed by atoms with E-state index in [2.05, 4.69) is 13.8 Å². The summed E-state index contributed by atoms with van der Waals surface area (Å²) in [5.41, 5.74) is 0. The van der Waals surface area contributed by atoms with Crippen molar-refractivity contribution in [3.8, 4) is 0 Å². The van der Waals surface area contributed by atoms with Gasteiger partial charge >= 0.3 is 0 Å². The molecule has 0 saturated heterocycles. The Kier molecular flexibility index (Phi) is 7.34. The molecule has 0 fully saturated rings. The molecule has 0 nitrogen and oxygen atoms in total. The summed E-state index contributed by atoms with van der Waals surface area (Å²) in [6, 6.07) is 0. The molecule has 0 aliphatic heterocycles. The van der Waals surface area contributed by atoms with E-state index in [-0.39, 0.29) is 0 Å². The predicted octanol–water partition coefficient (Wildman–Crippen LogP) is 3.66. The lowest BCUT2D eigenvalue weighted by molar-refractivity contribution is 0.552. The molecule has 55 valence electrons. The average Bonchev–Trinajstić information content (AvgIpc) is 1.80. The van der Waals surface area contributed by atoms with Crippen LogP contribution in [-0.4, -0.2) is 5.75 Å². The minimum Gasteiger partial charge on any atom is -0.0817 e. The summed E-state index contributed by atoms with van der Waals surface area (Å²) in [4.78, 5) is 0. The zero-order valence-electron chi connectivity index (χ0n) is 6.22. The molecule has 0 N–H and O–H groups in total. The topological polar surface area (TPSA) is 0 Å². The van der Waals surface area contributed by atoms with Gasteiger partial charge in [0, 0.05) is 5.75 Å². The fourth-order valence-corrected chi connectivity index (χ4v) is 1.39. The van der Waals surface area contributed by atoms with Crippen molar-refractivity contribution in [2.75, 3.05) is 5.75 Å². The predicted molar refractivity (Wildman–Crippen MR) is 48.7 cm³/mol. The minimum absolute atomic E-state index is 0.861. The molecule has 1 radical (unpaired) electrons. The highest BCUT2D eigenvalue weighted by molar-refractivity contribution is 8.68. The van der Waals surface area contributed by atoms with E-state index in [4.69, 9.17) is 11.7 Å². The summed E-state index contributed by atoms with van der Waals surface area (Å²) in [6.45, 7) is 4.53. The van der Waals surface area contributed by atoms with Gasteiger partial charge in [-0.25, -0.2) is 0 Å². The van der Waals surface area contributed by atoms with Crippen LogP contribution in [0, 0.1) is 5.92 Å². The van der Waals surface area contributed by atoms with Crippen LogP contribution in [-0.2, 0) is 0 Å². The van der Waals surface area contributed by atoms with Crippen molar-refractivity contribution in [1.29, 1.82) is 0 Å². The fraction of sp³-hybridized carbons (Fsp3) is 1.00. The van der Waals surface area contributed by atoms with Crippen molar-refractivity contribution < 1.29 is 0 Å². The molecule has 0 spiro atoms. The molecule has 0 atom stereocenters. The highest BCUT2D eigenvalue weighted by atomic mass is 33.1. The van der Waals surface area contributed by atoms with E-state index >= 15 is 0 Å². The van der Waals surface area contributed by atoms with Gasteiger partial charge in [-0.05, 0) is 24.0 Å². The zero-order chi connectivity index (χ0) is 7.11. The summed E-state index contributed by atoms with van der Waals surface area (Å²) in [5.74, 6) is 2.02. The quantitative estimate of drug-likeness (QED) is 0.440. The molecule has 0 aliphatic carbocycles. The molecule has 0 saturated carbocycles. The number of unbranched alkanes of at least 4 members (excludes halogenated alkanes) is 1. The SMILES string of the molecule is CC(C)CCCCS[S]. The first-order valence-electron chi connectivity index (χ1n) is 3.52. The Morgan fingerprint density at radius 2 is 2.00 bits per heavy atom. The molecular formula is C7H15S2. The van der Waals surface area contributed by atoms with Gasteiger partial charge in [0.25, 0.3) is 0 Å². The normalized spacial score (nSPS) is 10.7. The third-order valence-electron chi connectivity index (χ3n) is 1.26. The van der Waals surface area contributed by atoms with E-state index in [9.17, 15) is 0 Å². The highest BCUT2D eigenvalue weighted by Crippen LogP contribution is 2.11. The van der Waals surface area contributed by atoms with Crippen LogP contribution in [0.3, 0.4) is 0 Å². The molecule has 0 aliphatic rings. The Hall–Kier alpha value is 0.700. The van der Waals surface area contributed by atoms with Crippen LogP contribution in [0.4, 0.5) is 0 Å². The van der Waals surface area contributed by atoms with Crippen LogP contribution >= 0.6 is 22.5 Å². The van der Waals surface area contributed by atoms with E-state index < -0.39 is 0 Å². The van der Waals surface area contributed by atoms with Crippen LogP contribution in [0.15, 0.2) is 0 Å². The van der Waals surface area contributed by atoms with E-state index in [0.717, 1.165) is 11.7 Å². The fourth-order valence-electron chi connectivity index (χ4n) is 0.714. The van der Waals surface area contributed by atoms with E-state index in [0.29, 0.717) is 0 Å². The molecule has 0 aromatic rings. The lowest BCUT2D eigenvalue weighted by Gasteiger charge is -2.01. The molecule has 0 aromatic heterocycles. The maximum Gasteiger partial charge on any atom is 0.00454 e. The van der Waals surface area contributed by atoms with Crippen LogP contribution in [0.2, 0.25) is 0 Å². The maximum absolute atomic E-state index is 4.75. The van der Waals surface area contributed by atoms with Gasteiger partial charge in [-0.3, -0.25) is 0 Å². The third-order valence-corrected chi connectivity index (χ3v) is 2.21. The third kappa shape index (κ3) is 8.70. The minimum atomic E-state index is 0.861. The molecule has 0 unspecified atom stereocenters. The Bertz CT molecular complexity index is 52.9. The average molecular weight is 163 g/mol. The van der Waals surface area contributed by atoms with Crippen molar-refractivity contribution in [1.82, 2.24) is 0 Å². The molecule has 0 heterocycles. The van der Waals surface area contributed by atoms with Gasteiger partial charge in [0.05, 0.1) is 0 Å². The Morgan fingerprint density at radius 3 is 2.44 bits per heavy atom. The standard InChI is InChI=1S/C7H15S2/c1-7(2)5-3-4-6-9-8/h7H,3-6H2,1-2H3. The van der Waals surface area contributed by atoms with Gasteiger partial charge in [0.1, 0.15) is 0 Å². The lowest BCUT2D eigenvalue weighted by Crippen LogP contribution is -1.87. The van der Waals surface area contributed by atoms with Gasteiger partial charge < -0.3 is 0 Å². The van der Waals surface area contributed by atoms with E-state index in [1.165, 1.54) is 30.1 Å². The zero-order valence-corrected chi connectivity index (χ0v) is 7.86. The van der Waals surface area contributed by atoms with Crippen LogP contribution in [0.1, 0.15) is 33.1 Å². The first-order valence-corrected chi connectivity index (χ1v) is 5.43. The monoisotopic (exact) mass is 163 g/mol. The van der Waals surface area contributed by atoms with Crippen molar-refractivity contribution in [3.05, 3.63) is 0 Å². The summed E-state index contributed by atoms with van der Waals surface area (Å²) < 4.78 is 0. The molecule has 0 amide bonds. The summed E-state index contributed by atoms with van der Waals surface area (Å²) in [7, 11) is 1.54. The maximum atomic E-state index is 4.75. The number of hydrogen-bond donors (Lipinski definition) is 0. The second kappa shape index (κ2) is 6.81. The van der Waals surface area contributed by atoms with Gasteiger partial charge in [-0.1, -0.05) is 37.5 Å². The molecule has 0 bridgehead atoms. The van der Waals surface area contributed by atoms with E-state index in [1.54, 1.807) is 0 Å². The largest absolute Gasteiger partial charge is 0.0817 e. The Balaban J connectivity index is 2.75. The summed E-state index contributed by atoms with van der Waals surface area (Å²) >= 11 is 4.75. The lowest BCUT2D eigenvalue weighted by atomic mass is 10.1. The smallest absolute Gasteiger partial charge is 0.00454 e. The number of hydrogen-bond acceptors (Lipinski definition) is 1. The van der Waals surface area contributed by atoms with Crippen molar-refractivity contribution in [2.24, 2.45) is 5.92 Å². The molecule has 0 aromatic carbocycles. The van der Waals surface area contributed by atoms with Gasteiger partial charge in [0.2, 0.25) is 0 Å². The van der Waals surface area contributed by atoms with Gasteiger partial charge in [-0.15, -0.1) is 0 Å². The summed E-state index contributed by atoms with van der Waals surface area (Å²) in [6.07, 6.45) is 4.00. The Labute approximate surface area is 67.6 Å². The second-order valence-electron chi connectivity index (χ2n) is 2.71. The highest BCUT2D eigenvalue weighted by Gasteiger charge is 1.92. The van der Waals surface area contributed by atoms with Crippen molar-refractivity contribution in [2.45, 2.75) is 33.1 Å². The van der Waals surface area contributed by atoms with E-state index in [1.807, 2.05) is 0 Å². The second-order valence-corrected chi connectivity index (χ2v) is 4.06. The van der Waals surface area contributed by atoms with Gasteiger partial charge in [-0.2, -0.15) is 0 Å².